The largest absolute Gasteiger partial charge is 0.465 e. The fourth-order valence-electron chi connectivity index (χ4n) is 2.99. The number of aromatic nitrogens is 3. The van der Waals surface area contributed by atoms with Crippen LogP contribution in [0.2, 0.25) is 5.02 Å². The summed E-state index contributed by atoms with van der Waals surface area (Å²) in [5, 5.41) is 15.3. The molecule has 0 aromatic carbocycles. The molecule has 2 aromatic rings. The number of hydrogen-bond donors (Lipinski definition) is 2. The van der Waals surface area contributed by atoms with E-state index in [2.05, 4.69) is 15.4 Å². The lowest BCUT2D eigenvalue weighted by molar-refractivity contribution is -0.0674. The number of halogens is 3. The van der Waals surface area contributed by atoms with E-state index in [0.29, 0.717) is 10.7 Å². The van der Waals surface area contributed by atoms with Crippen LogP contribution in [0.15, 0.2) is 18.5 Å². The minimum atomic E-state index is -2.87. The second-order valence-electron chi connectivity index (χ2n) is 5.78. The molecule has 2 unspecified atom stereocenters. The summed E-state index contributed by atoms with van der Waals surface area (Å²) in [6, 6.07) is 1.56. The number of imidazole rings is 1. The molecular weight excluding hydrogens is 330 g/mol. The summed E-state index contributed by atoms with van der Waals surface area (Å²) in [7, 11) is 0. The second kappa shape index (κ2) is 5.92. The van der Waals surface area contributed by atoms with E-state index in [4.69, 9.17) is 16.7 Å². The van der Waals surface area contributed by atoms with Crippen LogP contribution in [0.4, 0.5) is 13.6 Å². The highest BCUT2D eigenvalue weighted by atomic mass is 35.5. The van der Waals surface area contributed by atoms with Crippen LogP contribution >= 0.6 is 11.6 Å². The minimum Gasteiger partial charge on any atom is -0.465 e. The number of nitrogens with zero attached hydrogens (tertiary/aromatic N) is 3. The average molecular weight is 345 g/mol. The molecule has 2 N–H and O–H groups in total. The molecule has 23 heavy (non-hydrogen) atoms. The second-order valence-corrected chi connectivity index (χ2v) is 6.22. The molecule has 1 aliphatic carbocycles. The van der Waals surface area contributed by atoms with Gasteiger partial charge in [0.15, 0.2) is 5.65 Å². The third-order valence-electron chi connectivity index (χ3n) is 4.17. The summed E-state index contributed by atoms with van der Waals surface area (Å²) in [6.45, 7) is 0.166. The molecular formula is C14H15ClF2N4O2. The fourth-order valence-corrected chi connectivity index (χ4v) is 3.13. The molecule has 0 radical (unpaired) electrons. The zero-order chi connectivity index (χ0) is 16.6. The number of nitrogens with one attached hydrogen (secondary N) is 1. The van der Waals surface area contributed by atoms with Crippen LogP contribution in [0, 0.1) is 5.92 Å². The van der Waals surface area contributed by atoms with Crippen molar-refractivity contribution in [3.8, 4) is 0 Å². The number of fused-ring (bicyclic) bond motifs is 1. The van der Waals surface area contributed by atoms with Crippen LogP contribution in [0.5, 0.6) is 0 Å². The standard InChI is InChI=1S/C14H15ClF2N4O2/c15-9-4-12-20-11(7-21(12)19-6-9)10-3-8(5-18-13(22)23)1-2-14(10,16)17/h4,6-8,10,18H,1-3,5H2,(H,22,23). The molecule has 0 spiro atoms. The van der Waals surface area contributed by atoms with Crippen LogP contribution in [-0.2, 0) is 0 Å². The van der Waals surface area contributed by atoms with Crippen molar-refractivity contribution in [2.75, 3.05) is 6.54 Å². The highest BCUT2D eigenvalue weighted by molar-refractivity contribution is 6.30. The van der Waals surface area contributed by atoms with Gasteiger partial charge in [-0.3, -0.25) is 0 Å². The quantitative estimate of drug-likeness (QED) is 0.896. The molecule has 0 saturated heterocycles. The topological polar surface area (TPSA) is 79.5 Å². The Hall–Kier alpha value is -1.96. The maximum Gasteiger partial charge on any atom is 0.404 e. The predicted octanol–water partition coefficient (Wildman–Crippen LogP) is 3.17. The van der Waals surface area contributed by atoms with Gasteiger partial charge in [-0.1, -0.05) is 11.6 Å². The minimum absolute atomic E-state index is 0.142. The van der Waals surface area contributed by atoms with Gasteiger partial charge in [-0.2, -0.15) is 5.10 Å². The average Bonchev–Trinajstić information content (AvgIpc) is 2.88. The lowest BCUT2D eigenvalue weighted by atomic mass is 9.77. The van der Waals surface area contributed by atoms with Gasteiger partial charge in [0, 0.05) is 19.0 Å². The first kappa shape index (κ1) is 15.9. The van der Waals surface area contributed by atoms with E-state index in [9.17, 15) is 13.6 Å². The predicted molar refractivity (Wildman–Crippen MR) is 79.1 cm³/mol. The van der Waals surface area contributed by atoms with Gasteiger partial charge in [0.25, 0.3) is 5.92 Å². The summed E-state index contributed by atoms with van der Waals surface area (Å²) in [4.78, 5) is 14.8. The molecule has 0 aliphatic heterocycles. The van der Waals surface area contributed by atoms with Crippen LogP contribution in [0.25, 0.3) is 5.65 Å². The van der Waals surface area contributed by atoms with Crippen molar-refractivity contribution in [2.45, 2.75) is 31.1 Å². The molecule has 1 saturated carbocycles. The van der Waals surface area contributed by atoms with Crippen LogP contribution < -0.4 is 5.32 Å². The summed E-state index contributed by atoms with van der Waals surface area (Å²) < 4.78 is 30.0. The zero-order valence-corrected chi connectivity index (χ0v) is 12.8. The number of rotatable bonds is 3. The Kier molecular flexibility index (Phi) is 4.09. The van der Waals surface area contributed by atoms with E-state index in [0.717, 1.165) is 0 Å². The van der Waals surface area contributed by atoms with Gasteiger partial charge >= 0.3 is 6.09 Å². The maximum atomic E-state index is 14.3. The van der Waals surface area contributed by atoms with Crippen LogP contribution in [-0.4, -0.2) is 38.3 Å². The van der Waals surface area contributed by atoms with Gasteiger partial charge in [-0.15, -0.1) is 0 Å². The molecule has 6 nitrogen and oxygen atoms in total. The first-order chi connectivity index (χ1) is 10.8. The molecule has 1 fully saturated rings. The van der Waals surface area contributed by atoms with Crippen molar-refractivity contribution in [3.05, 3.63) is 29.2 Å². The lowest BCUT2D eigenvalue weighted by Crippen LogP contribution is -2.38. The summed E-state index contributed by atoms with van der Waals surface area (Å²) >= 11 is 5.84. The van der Waals surface area contributed by atoms with E-state index >= 15 is 0 Å². The van der Waals surface area contributed by atoms with E-state index in [1.54, 1.807) is 6.07 Å². The highest BCUT2D eigenvalue weighted by Crippen LogP contribution is 2.46. The normalized spacial score (nSPS) is 23.8. The Bertz CT molecular complexity index is 737. The Labute approximate surface area is 135 Å². The highest BCUT2D eigenvalue weighted by Gasteiger charge is 2.46. The first-order valence-corrected chi connectivity index (χ1v) is 7.58. The van der Waals surface area contributed by atoms with Crippen molar-refractivity contribution in [1.29, 1.82) is 0 Å². The fraction of sp³-hybridized carbons (Fsp3) is 0.500. The van der Waals surface area contributed by atoms with Gasteiger partial charge in [-0.05, 0) is 18.8 Å². The smallest absolute Gasteiger partial charge is 0.404 e. The lowest BCUT2D eigenvalue weighted by Gasteiger charge is -2.35. The van der Waals surface area contributed by atoms with E-state index in [1.807, 2.05) is 0 Å². The third kappa shape index (κ3) is 3.36. The Morgan fingerprint density at radius 3 is 3.09 bits per heavy atom. The number of hydrogen-bond acceptors (Lipinski definition) is 3. The molecule has 1 amide bonds. The maximum absolute atomic E-state index is 14.3. The van der Waals surface area contributed by atoms with Gasteiger partial charge in [0.1, 0.15) is 0 Å². The number of carboxylic acid groups (broad SMARTS) is 1. The van der Waals surface area contributed by atoms with Crippen molar-refractivity contribution >= 4 is 23.3 Å². The van der Waals surface area contributed by atoms with Crippen molar-refractivity contribution in [2.24, 2.45) is 5.92 Å². The summed E-state index contributed by atoms with van der Waals surface area (Å²) in [5.74, 6) is -4.07. The van der Waals surface area contributed by atoms with Crippen molar-refractivity contribution in [3.63, 3.8) is 0 Å². The molecule has 2 atom stereocenters. The molecule has 2 heterocycles. The SMILES string of the molecule is O=C(O)NCC1CCC(F)(F)C(c2cn3ncc(Cl)cc3n2)C1. The van der Waals surface area contributed by atoms with E-state index in [1.165, 1.54) is 16.9 Å². The monoisotopic (exact) mass is 344 g/mol. The van der Waals surface area contributed by atoms with Crippen LogP contribution in [0.1, 0.15) is 30.9 Å². The van der Waals surface area contributed by atoms with E-state index < -0.39 is 17.9 Å². The summed E-state index contributed by atoms with van der Waals surface area (Å²) in [6.07, 6.45) is 1.92. The molecule has 3 rings (SSSR count). The summed E-state index contributed by atoms with van der Waals surface area (Å²) in [5.41, 5.74) is 0.666. The molecule has 0 bridgehead atoms. The Morgan fingerprint density at radius 1 is 1.57 bits per heavy atom. The zero-order valence-electron chi connectivity index (χ0n) is 12.0. The Morgan fingerprint density at radius 2 is 2.35 bits per heavy atom. The van der Waals surface area contributed by atoms with E-state index in [-0.39, 0.29) is 37.4 Å². The molecule has 1 aliphatic rings. The van der Waals surface area contributed by atoms with Gasteiger partial charge in [-0.25, -0.2) is 23.1 Å². The Balaban J connectivity index is 1.85. The number of carbonyl (C=O) groups is 1. The molecule has 9 heteroatoms. The van der Waals surface area contributed by atoms with Gasteiger partial charge in [0.05, 0.1) is 29.0 Å². The molecule has 2 aromatic heterocycles. The van der Waals surface area contributed by atoms with Crippen LogP contribution in [0.3, 0.4) is 0 Å². The van der Waals surface area contributed by atoms with Gasteiger partial charge in [0.2, 0.25) is 0 Å². The van der Waals surface area contributed by atoms with Crippen molar-refractivity contribution < 1.29 is 18.7 Å². The number of alkyl halides is 2. The van der Waals surface area contributed by atoms with Crippen molar-refractivity contribution in [1.82, 2.24) is 19.9 Å². The first-order valence-electron chi connectivity index (χ1n) is 7.20. The number of amides is 1. The third-order valence-corrected chi connectivity index (χ3v) is 4.38. The molecule has 124 valence electrons. The van der Waals surface area contributed by atoms with Gasteiger partial charge < -0.3 is 10.4 Å².